The zero-order valence-electron chi connectivity index (χ0n) is 26.0. The van der Waals surface area contributed by atoms with Crippen molar-refractivity contribution >= 4 is 23.9 Å². The van der Waals surface area contributed by atoms with E-state index in [9.17, 15) is 14.4 Å². The molecule has 1 amide bonds. The molecule has 1 aromatic carbocycles. The molecule has 0 fully saturated rings. The number of hydrogen-bond donors (Lipinski definition) is 2. The lowest BCUT2D eigenvalue weighted by molar-refractivity contribution is -0.138. The Morgan fingerprint density at radius 1 is 0.860 bits per heavy atom. The van der Waals surface area contributed by atoms with Gasteiger partial charge in [-0.3, -0.25) is 19.4 Å². The fourth-order valence-electron chi connectivity index (χ4n) is 3.97. The number of carboxylic acids is 1. The van der Waals surface area contributed by atoms with Gasteiger partial charge >= 0.3 is 5.97 Å². The van der Waals surface area contributed by atoms with E-state index in [0.29, 0.717) is 96.2 Å². The largest absolute Gasteiger partial charge is 0.487 e. The van der Waals surface area contributed by atoms with Crippen LogP contribution in [0.4, 0.5) is 5.69 Å². The van der Waals surface area contributed by atoms with E-state index in [2.05, 4.69) is 16.8 Å². The molecule has 244 valence electrons. The molecule has 1 aromatic rings. The molecule has 0 aliphatic heterocycles. The number of aldehydes is 1. The first-order chi connectivity index (χ1) is 20.9. The van der Waals surface area contributed by atoms with Gasteiger partial charge in [0.1, 0.15) is 19.5 Å². The van der Waals surface area contributed by atoms with Crippen LogP contribution in [-0.2, 0) is 28.6 Å². The van der Waals surface area contributed by atoms with E-state index in [-0.39, 0.29) is 25.5 Å². The van der Waals surface area contributed by atoms with E-state index in [1.54, 1.807) is 41.2 Å². The highest BCUT2D eigenvalue weighted by Gasteiger charge is 2.15. The Hall–Kier alpha value is -3.07. The monoisotopic (exact) mass is 610 g/mol. The highest BCUT2D eigenvalue weighted by atomic mass is 16.6. The van der Waals surface area contributed by atoms with Gasteiger partial charge in [0.2, 0.25) is 5.91 Å². The van der Waals surface area contributed by atoms with Crippen LogP contribution in [-0.4, -0.2) is 150 Å². The van der Waals surface area contributed by atoms with Crippen LogP contribution < -0.4 is 14.8 Å². The maximum atomic E-state index is 12.9. The second-order valence-electron chi connectivity index (χ2n) is 9.46. The van der Waals surface area contributed by atoms with Crippen LogP contribution in [0.15, 0.2) is 30.9 Å². The molecule has 0 aromatic heterocycles. The second kappa shape index (κ2) is 24.4. The van der Waals surface area contributed by atoms with Crippen molar-refractivity contribution in [3.8, 4) is 11.5 Å². The third-order valence-electron chi connectivity index (χ3n) is 6.19. The maximum Gasteiger partial charge on any atom is 0.317 e. The number of anilines is 1. The number of nitrogens with one attached hydrogen (secondary N) is 1. The Kier molecular flexibility index (Phi) is 21.5. The summed E-state index contributed by atoms with van der Waals surface area (Å²) in [5.74, 6) is -0.181. The number of aliphatic carboxylic acids is 1. The molecule has 0 aliphatic rings. The minimum atomic E-state index is -0.886. The van der Waals surface area contributed by atoms with Crippen LogP contribution in [0, 0.1) is 0 Å². The topological polar surface area (TPSA) is 139 Å². The standard InChI is InChI=1S/C30H50N4O9/c1-5-10-33(25-30(37)38)13-11-32(6-2)12-14-34(15-16-35)24-29(36)31-26-8-9-27(42-22-20-41-18-17-39-4)28(23-26)43-21-19-40-7-3/h5,8-9,16,23H,1,6-7,10-15,17-22,24-25H2,2-4H3,(H,31,36)(H,37,38). The molecule has 43 heavy (non-hydrogen) atoms. The van der Waals surface area contributed by atoms with Gasteiger partial charge in [0.25, 0.3) is 0 Å². The summed E-state index contributed by atoms with van der Waals surface area (Å²) in [6.07, 6.45) is 2.46. The lowest BCUT2D eigenvalue weighted by atomic mass is 10.2. The van der Waals surface area contributed by atoms with Gasteiger partial charge in [0.15, 0.2) is 11.5 Å². The summed E-state index contributed by atoms with van der Waals surface area (Å²) in [7, 11) is 1.61. The molecule has 0 saturated heterocycles. The predicted octanol–water partition coefficient (Wildman–Crippen LogP) is 1.48. The number of ether oxygens (including phenoxy) is 5. The van der Waals surface area contributed by atoms with Gasteiger partial charge in [-0.15, -0.1) is 6.58 Å². The summed E-state index contributed by atoms with van der Waals surface area (Å²) in [5, 5.41) is 12.0. The molecular weight excluding hydrogens is 560 g/mol. The van der Waals surface area contributed by atoms with E-state index in [1.807, 2.05) is 13.8 Å². The number of nitrogens with zero attached hydrogens (tertiary/aromatic N) is 3. The van der Waals surface area contributed by atoms with Crippen molar-refractivity contribution in [1.82, 2.24) is 14.7 Å². The van der Waals surface area contributed by atoms with Crippen molar-refractivity contribution in [2.45, 2.75) is 13.8 Å². The summed E-state index contributed by atoms with van der Waals surface area (Å²) in [6, 6.07) is 5.15. The SMILES string of the molecule is C=CCN(CCN(CC)CCN(CC=O)CC(=O)Nc1ccc(OCCOCCOC)c(OCCOCC)c1)CC(=O)O. The highest BCUT2D eigenvalue weighted by molar-refractivity contribution is 5.92. The maximum absolute atomic E-state index is 12.9. The number of amides is 1. The minimum absolute atomic E-state index is 0.0233. The molecule has 13 heteroatoms. The van der Waals surface area contributed by atoms with Gasteiger partial charge in [-0.1, -0.05) is 13.0 Å². The van der Waals surface area contributed by atoms with Crippen LogP contribution in [0.1, 0.15) is 13.8 Å². The predicted molar refractivity (Wildman–Crippen MR) is 164 cm³/mol. The zero-order chi connectivity index (χ0) is 31.7. The van der Waals surface area contributed by atoms with Gasteiger partial charge < -0.3 is 43.8 Å². The quantitative estimate of drug-likeness (QED) is 0.0807. The zero-order valence-corrected chi connectivity index (χ0v) is 26.0. The van der Waals surface area contributed by atoms with E-state index >= 15 is 0 Å². The number of methoxy groups -OCH3 is 1. The summed E-state index contributed by atoms with van der Waals surface area (Å²) in [5.41, 5.74) is 0.530. The number of hydrogen-bond acceptors (Lipinski definition) is 11. The Bertz CT molecular complexity index is 935. The molecule has 0 atom stereocenters. The molecular formula is C30H50N4O9. The van der Waals surface area contributed by atoms with Crippen LogP contribution in [0.5, 0.6) is 11.5 Å². The molecule has 0 radical (unpaired) electrons. The molecule has 0 unspecified atom stereocenters. The van der Waals surface area contributed by atoms with Crippen LogP contribution >= 0.6 is 0 Å². The number of rotatable bonds is 28. The Balaban J connectivity index is 2.73. The first-order valence-electron chi connectivity index (χ1n) is 14.6. The van der Waals surface area contributed by atoms with E-state index in [1.165, 1.54) is 0 Å². The average molecular weight is 611 g/mol. The van der Waals surface area contributed by atoms with Crippen molar-refractivity contribution in [1.29, 1.82) is 0 Å². The fraction of sp³-hybridized carbons (Fsp3) is 0.633. The van der Waals surface area contributed by atoms with Gasteiger partial charge in [0, 0.05) is 58.2 Å². The van der Waals surface area contributed by atoms with Crippen LogP contribution in [0.3, 0.4) is 0 Å². The summed E-state index contributed by atoms with van der Waals surface area (Å²) >= 11 is 0. The highest BCUT2D eigenvalue weighted by Crippen LogP contribution is 2.30. The number of likely N-dealkylation sites (N-methyl/N-ethyl adjacent to an activating group) is 1. The van der Waals surface area contributed by atoms with Crippen LogP contribution in [0.2, 0.25) is 0 Å². The molecule has 0 spiro atoms. The summed E-state index contributed by atoms with van der Waals surface area (Å²) in [4.78, 5) is 41.1. The van der Waals surface area contributed by atoms with Gasteiger partial charge in [-0.25, -0.2) is 0 Å². The third-order valence-corrected chi connectivity index (χ3v) is 6.19. The van der Waals surface area contributed by atoms with Gasteiger partial charge in [-0.05, 0) is 25.6 Å². The normalized spacial score (nSPS) is 11.2. The first kappa shape index (κ1) is 38.0. The van der Waals surface area contributed by atoms with Gasteiger partial charge in [0.05, 0.1) is 46.1 Å². The molecule has 13 nitrogen and oxygen atoms in total. The molecule has 0 heterocycles. The minimum Gasteiger partial charge on any atom is -0.487 e. The summed E-state index contributed by atoms with van der Waals surface area (Å²) < 4.78 is 27.5. The van der Waals surface area contributed by atoms with Crippen LogP contribution in [0.25, 0.3) is 0 Å². The molecule has 0 bridgehead atoms. The van der Waals surface area contributed by atoms with Crippen molar-refractivity contribution in [2.24, 2.45) is 0 Å². The van der Waals surface area contributed by atoms with Crippen molar-refractivity contribution < 1.29 is 43.2 Å². The third kappa shape index (κ3) is 18.3. The molecule has 1 rings (SSSR count). The Labute approximate surface area is 255 Å². The second-order valence-corrected chi connectivity index (χ2v) is 9.46. The number of carbonyl (C=O) groups excluding carboxylic acids is 2. The van der Waals surface area contributed by atoms with Crippen molar-refractivity contribution in [2.75, 3.05) is 118 Å². The lowest BCUT2D eigenvalue weighted by Gasteiger charge is -2.27. The van der Waals surface area contributed by atoms with Crippen molar-refractivity contribution in [3.63, 3.8) is 0 Å². The molecule has 0 aliphatic carbocycles. The number of carboxylic acid groups (broad SMARTS) is 1. The summed E-state index contributed by atoms with van der Waals surface area (Å²) in [6.45, 7) is 14.2. The van der Waals surface area contributed by atoms with E-state index in [4.69, 9.17) is 28.8 Å². The van der Waals surface area contributed by atoms with Gasteiger partial charge in [-0.2, -0.15) is 0 Å². The smallest absolute Gasteiger partial charge is 0.317 e. The first-order valence-corrected chi connectivity index (χ1v) is 14.6. The number of carbonyl (C=O) groups is 3. The van der Waals surface area contributed by atoms with E-state index < -0.39 is 5.97 Å². The molecule has 2 N–H and O–H groups in total. The van der Waals surface area contributed by atoms with E-state index in [0.717, 1.165) is 12.8 Å². The fourth-order valence-corrected chi connectivity index (χ4v) is 3.97. The number of benzene rings is 1. The van der Waals surface area contributed by atoms with Crippen molar-refractivity contribution in [3.05, 3.63) is 30.9 Å². The molecule has 0 saturated carbocycles. The average Bonchev–Trinajstić information content (AvgIpc) is 2.97. The Morgan fingerprint density at radius 2 is 1.49 bits per heavy atom. The Morgan fingerprint density at radius 3 is 2.09 bits per heavy atom. The lowest BCUT2D eigenvalue weighted by Crippen LogP contribution is -2.43.